The summed E-state index contributed by atoms with van der Waals surface area (Å²) < 4.78 is 0. The maximum Gasteiger partial charge on any atom is 0.276 e. The Morgan fingerprint density at radius 3 is 2.81 bits per heavy atom. The minimum atomic E-state index is -0.184. The van der Waals surface area contributed by atoms with Gasteiger partial charge in [-0.2, -0.15) is 5.10 Å². The Hall–Kier alpha value is -2.62. The number of fused-ring (bicyclic) bond motifs is 1. The smallest absolute Gasteiger partial charge is 0.276 e. The van der Waals surface area contributed by atoms with Crippen molar-refractivity contribution in [2.24, 2.45) is 0 Å². The number of H-pyrrole nitrogens is 1. The van der Waals surface area contributed by atoms with Gasteiger partial charge in [-0.15, -0.1) is 0 Å². The molecule has 0 atom stereocenters. The van der Waals surface area contributed by atoms with E-state index in [0.717, 1.165) is 34.1 Å². The van der Waals surface area contributed by atoms with Crippen LogP contribution in [0.3, 0.4) is 0 Å². The number of aromatic nitrogens is 2. The minimum Gasteiger partial charge on any atom is -0.320 e. The van der Waals surface area contributed by atoms with Gasteiger partial charge < -0.3 is 5.32 Å². The van der Waals surface area contributed by atoms with Crippen LogP contribution in [0.2, 0.25) is 0 Å². The fourth-order valence-corrected chi connectivity index (χ4v) is 2.51. The second-order valence-corrected chi connectivity index (χ2v) is 5.03. The molecule has 4 nitrogen and oxygen atoms in total. The van der Waals surface area contributed by atoms with Gasteiger partial charge >= 0.3 is 0 Å². The highest BCUT2D eigenvalue weighted by atomic mass is 16.1. The maximum absolute atomic E-state index is 12.5. The Kier molecular flexibility index (Phi) is 3.44. The maximum atomic E-state index is 12.5. The third kappa shape index (κ3) is 2.40. The predicted molar refractivity (Wildman–Crippen MR) is 84.6 cm³/mol. The Morgan fingerprint density at radius 2 is 2.00 bits per heavy atom. The normalized spacial score (nSPS) is 10.8. The number of rotatable bonds is 3. The molecule has 106 valence electrons. The molecule has 3 aromatic rings. The number of para-hydroxylation sites is 2. The number of aryl methyl sites for hydroxylation is 2. The Bertz CT molecular complexity index is 805. The molecule has 2 N–H and O–H groups in total. The van der Waals surface area contributed by atoms with Gasteiger partial charge in [-0.25, -0.2) is 0 Å². The van der Waals surface area contributed by atoms with Crippen molar-refractivity contribution in [2.75, 3.05) is 5.32 Å². The summed E-state index contributed by atoms with van der Waals surface area (Å²) in [5.41, 5.74) is 4.36. The molecule has 1 aromatic heterocycles. The Labute approximate surface area is 123 Å². The van der Waals surface area contributed by atoms with Crippen molar-refractivity contribution in [3.63, 3.8) is 0 Å². The van der Waals surface area contributed by atoms with Crippen LogP contribution in [0.5, 0.6) is 0 Å². The summed E-state index contributed by atoms with van der Waals surface area (Å²) in [6.07, 6.45) is 0.874. The van der Waals surface area contributed by atoms with Crippen molar-refractivity contribution in [1.82, 2.24) is 10.2 Å². The summed E-state index contributed by atoms with van der Waals surface area (Å²) >= 11 is 0. The summed E-state index contributed by atoms with van der Waals surface area (Å²) in [5.74, 6) is -0.184. The van der Waals surface area contributed by atoms with Crippen LogP contribution >= 0.6 is 0 Å². The lowest BCUT2D eigenvalue weighted by Crippen LogP contribution is -2.15. The van der Waals surface area contributed by atoms with E-state index in [1.54, 1.807) is 0 Å². The molecule has 21 heavy (non-hydrogen) atoms. The SMILES string of the molecule is CCc1cccc(C)c1NC(=O)c1n[nH]c2ccccc12. The van der Waals surface area contributed by atoms with Gasteiger partial charge in [-0.3, -0.25) is 9.89 Å². The minimum absolute atomic E-state index is 0.184. The first-order valence-electron chi connectivity index (χ1n) is 7.03. The number of hydrogen-bond donors (Lipinski definition) is 2. The van der Waals surface area contributed by atoms with Crippen LogP contribution in [0.1, 0.15) is 28.5 Å². The van der Waals surface area contributed by atoms with Crippen LogP contribution in [0.15, 0.2) is 42.5 Å². The molecular formula is C17H17N3O. The molecule has 0 fully saturated rings. The predicted octanol–water partition coefficient (Wildman–Crippen LogP) is 3.69. The van der Waals surface area contributed by atoms with Crippen LogP contribution in [-0.4, -0.2) is 16.1 Å². The topological polar surface area (TPSA) is 57.8 Å². The fraction of sp³-hybridized carbons (Fsp3) is 0.176. The third-order valence-corrected chi connectivity index (χ3v) is 3.66. The van der Waals surface area contributed by atoms with Crippen molar-refractivity contribution in [2.45, 2.75) is 20.3 Å². The van der Waals surface area contributed by atoms with E-state index in [1.165, 1.54) is 0 Å². The molecule has 0 aliphatic heterocycles. The van der Waals surface area contributed by atoms with E-state index in [9.17, 15) is 4.79 Å². The zero-order valence-corrected chi connectivity index (χ0v) is 12.1. The van der Waals surface area contributed by atoms with Crippen molar-refractivity contribution < 1.29 is 4.79 Å². The van der Waals surface area contributed by atoms with E-state index in [2.05, 4.69) is 22.4 Å². The Morgan fingerprint density at radius 1 is 1.19 bits per heavy atom. The van der Waals surface area contributed by atoms with Gasteiger partial charge in [0.1, 0.15) is 0 Å². The van der Waals surface area contributed by atoms with Gasteiger partial charge in [0, 0.05) is 11.1 Å². The fourth-order valence-electron chi connectivity index (χ4n) is 2.51. The average Bonchev–Trinajstić information content (AvgIpc) is 2.93. The standard InChI is InChI=1S/C17H17N3O/c1-3-12-8-6-7-11(2)15(12)18-17(21)16-13-9-4-5-10-14(13)19-20-16/h4-10H,3H2,1-2H3,(H,18,21)(H,19,20). The van der Waals surface area contributed by atoms with Crippen LogP contribution in [-0.2, 0) is 6.42 Å². The number of carbonyl (C=O) groups is 1. The molecular weight excluding hydrogens is 262 g/mol. The van der Waals surface area contributed by atoms with Gasteiger partial charge in [-0.1, -0.05) is 43.3 Å². The molecule has 3 rings (SSSR count). The van der Waals surface area contributed by atoms with Crippen LogP contribution < -0.4 is 5.32 Å². The van der Waals surface area contributed by atoms with Crippen molar-refractivity contribution in [3.05, 3.63) is 59.3 Å². The molecule has 0 saturated carbocycles. The summed E-state index contributed by atoms with van der Waals surface area (Å²) in [5, 5.41) is 10.9. The number of anilines is 1. The van der Waals surface area contributed by atoms with E-state index < -0.39 is 0 Å². The average molecular weight is 279 g/mol. The molecule has 0 spiro atoms. The van der Waals surface area contributed by atoms with E-state index >= 15 is 0 Å². The lowest BCUT2D eigenvalue weighted by Gasteiger charge is -2.12. The van der Waals surface area contributed by atoms with Gasteiger partial charge in [0.2, 0.25) is 0 Å². The first kappa shape index (κ1) is 13.4. The molecule has 1 heterocycles. The highest BCUT2D eigenvalue weighted by Gasteiger charge is 2.15. The highest BCUT2D eigenvalue weighted by Crippen LogP contribution is 2.23. The van der Waals surface area contributed by atoms with Crippen LogP contribution in [0.4, 0.5) is 5.69 Å². The number of nitrogens with zero attached hydrogens (tertiary/aromatic N) is 1. The number of aromatic amines is 1. The van der Waals surface area contributed by atoms with Gasteiger partial charge in [0.15, 0.2) is 5.69 Å². The number of nitrogens with one attached hydrogen (secondary N) is 2. The number of amides is 1. The molecule has 1 amide bonds. The van der Waals surface area contributed by atoms with Gasteiger partial charge in [-0.05, 0) is 30.5 Å². The van der Waals surface area contributed by atoms with Crippen molar-refractivity contribution in [1.29, 1.82) is 0 Å². The van der Waals surface area contributed by atoms with Crippen molar-refractivity contribution >= 4 is 22.5 Å². The zero-order valence-electron chi connectivity index (χ0n) is 12.1. The monoisotopic (exact) mass is 279 g/mol. The quantitative estimate of drug-likeness (QED) is 0.768. The zero-order chi connectivity index (χ0) is 14.8. The summed E-state index contributed by atoms with van der Waals surface area (Å²) in [6.45, 7) is 4.08. The first-order valence-corrected chi connectivity index (χ1v) is 7.03. The summed E-state index contributed by atoms with van der Waals surface area (Å²) in [6, 6.07) is 13.7. The first-order chi connectivity index (χ1) is 10.2. The molecule has 2 aromatic carbocycles. The van der Waals surface area contributed by atoms with Gasteiger partial charge in [0.05, 0.1) is 5.52 Å². The summed E-state index contributed by atoms with van der Waals surface area (Å²) in [7, 11) is 0. The number of hydrogen-bond acceptors (Lipinski definition) is 2. The summed E-state index contributed by atoms with van der Waals surface area (Å²) in [4.78, 5) is 12.5. The van der Waals surface area contributed by atoms with Crippen LogP contribution in [0, 0.1) is 6.92 Å². The van der Waals surface area contributed by atoms with E-state index in [0.29, 0.717) is 5.69 Å². The van der Waals surface area contributed by atoms with E-state index in [1.807, 2.05) is 49.4 Å². The van der Waals surface area contributed by atoms with E-state index in [-0.39, 0.29) is 5.91 Å². The molecule has 0 aliphatic carbocycles. The highest BCUT2D eigenvalue weighted by molar-refractivity contribution is 6.11. The number of benzene rings is 2. The second kappa shape index (κ2) is 5.40. The molecule has 0 saturated heterocycles. The molecule has 0 radical (unpaired) electrons. The molecule has 4 heteroatoms. The van der Waals surface area contributed by atoms with Gasteiger partial charge in [0.25, 0.3) is 5.91 Å². The Balaban J connectivity index is 1.97. The molecule has 0 aliphatic rings. The van der Waals surface area contributed by atoms with Crippen molar-refractivity contribution in [3.8, 4) is 0 Å². The van der Waals surface area contributed by atoms with Crippen LogP contribution in [0.25, 0.3) is 10.9 Å². The lowest BCUT2D eigenvalue weighted by atomic mass is 10.1. The van der Waals surface area contributed by atoms with E-state index in [4.69, 9.17) is 0 Å². The second-order valence-electron chi connectivity index (χ2n) is 5.03. The third-order valence-electron chi connectivity index (χ3n) is 3.66. The molecule has 0 unspecified atom stereocenters. The lowest BCUT2D eigenvalue weighted by molar-refractivity contribution is 0.102. The molecule has 0 bridgehead atoms. The largest absolute Gasteiger partial charge is 0.320 e. The number of carbonyl (C=O) groups excluding carboxylic acids is 1.